The summed E-state index contributed by atoms with van der Waals surface area (Å²) in [6, 6.07) is 16.3. The van der Waals surface area contributed by atoms with Crippen molar-refractivity contribution in [2.24, 2.45) is 16.8 Å². The lowest BCUT2D eigenvalue weighted by atomic mass is 9.97. The van der Waals surface area contributed by atoms with Gasteiger partial charge in [0, 0.05) is 72.9 Å². The molecule has 8 heteroatoms. The van der Waals surface area contributed by atoms with Crippen LogP contribution in [0.1, 0.15) is 89.0 Å². The summed E-state index contributed by atoms with van der Waals surface area (Å²) in [5, 5.41) is 8.79. The van der Waals surface area contributed by atoms with Gasteiger partial charge in [0.1, 0.15) is 11.5 Å². The number of likely N-dealkylation sites (tertiary alicyclic amines) is 2. The van der Waals surface area contributed by atoms with E-state index in [-0.39, 0.29) is 17.7 Å². The van der Waals surface area contributed by atoms with Gasteiger partial charge in [0.15, 0.2) is 0 Å². The maximum absolute atomic E-state index is 12.8. The number of aliphatic imine (C=N–C) groups is 1. The Kier molecular flexibility index (Phi) is 9.34. The Balaban J connectivity index is 1.32. The highest BCUT2D eigenvalue weighted by atomic mass is 16.5. The molecule has 2 unspecified atom stereocenters. The number of aromatic nitrogens is 2. The van der Waals surface area contributed by atoms with Crippen LogP contribution in [0.15, 0.2) is 60.1 Å². The van der Waals surface area contributed by atoms with Gasteiger partial charge in [0.25, 0.3) is 0 Å². The number of carbonyl (C=O) groups is 2. The molecule has 0 N–H and O–H groups in total. The van der Waals surface area contributed by atoms with Gasteiger partial charge in [0.2, 0.25) is 11.8 Å². The molecule has 2 aromatic carbocycles. The van der Waals surface area contributed by atoms with Gasteiger partial charge in [-0.2, -0.15) is 10.2 Å². The van der Waals surface area contributed by atoms with Crippen molar-refractivity contribution in [1.82, 2.24) is 20.0 Å². The molecule has 3 fully saturated rings. The van der Waals surface area contributed by atoms with Gasteiger partial charge >= 0.3 is 0 Å². The zero-order valence-electron chi connectivity index (χ0n) is 27.5. The van der Waals surface area contributed by atoms with E-state index in [0.29, 0.717) is 48.8 Å². The first-order chi connectivity index (χ1) is 22.2. The van der Waals surface area contributed by atoms with E-state index < -0.39 is 0 Å². The second-order valence-corrected chi connectivity index (χ2v) is 13.5. The van der Waals surface area contributed by atoms with Crippen LogP contribution in [0.2, 0.25) is 0 Å². The lowest BCUT2D eigenvalue weighted by molar-refractivity contribution is -0.129. The number of carbonyl (C=O) groups excluding carboxylic acids is 2. The lowest BCUT2D eigenvalue weighted by Crippen LogP contribution is -2.28. The normalized spacial score (nSPS) is 20.2. The molecule has 8 nitrogen and oxygen atoms in total. The molecule has 1 aliphatic carbocycles. The Bertz CT molecular complexity index is 1630. The van der Waals surface area contributed by atoms with Gasteiger partial charge < -0.3 is 14.5 Å². The summed E-state index contributed by atoms with van der Waals surface area (Å²) in [4.78, 5) is 34.8. The van der Waals surface area contributed by atoms with Crippen molar-refractivity contribution in [3.8, 4) is 22.8 Å². The molecule has 2 atom stereocenters. The minimum Gasteiger partial charge on any atom is -0.457 e. The van der Waals surface area contributed by atoms with Crippen LogP contribution >= 0.6 is 0 Å². The summed E-state index contributed by atoms with van der Waals surface area (Å²) in [5.41, 5.74) is 6.34. The van der Waals surface area contributed by atoms with Crippen LogP contribution in [0.3, 0.4) is 0 Å². The van der Waals surface area contributed by atoms with Crippen LogP contribution in [0.25, 0.3) is 17.3 Å². The third-order valence-electron chi connectivity index (χ3n) is 9.24. The van der Waals surface area contributed by atoms with Crippen LogP contribution in [0.5, 0.6) is 11.5 Å². The first kappa shape index (κ1) is 31.6. The Morgan fingerprint density at radius 3 is 2.43 bits per heavy atom. The predicted octanol–water partition coefficient (Wildman–Crippen LogP) is 7.95. The molecule has 0 spiro atoms. The van der Waals surface area contributed by atoms with Gasteiger partial charge in [-0.3, -0.25) is 14.6 Å². The number of ether oxygens (including phenoxy) is 1. The smallest absolute Gasteiger partial charge is 0.223 e. The first-order valence-electron chi connectivity index (χ1n) is 16.8. The van der Waals surface area contributed by atoms with Crippen molar-refractivity contribution in [3.63, 3.8) is 0 Å². The predicted molar refractivity (Wildman–Crippen MR) is 182 cm³/mol. The van der Waals surface area contributed by atoms with E-state index in [2.05, 4.69) is 55.4 Å². The first-order valence-corrected chi connectivity index (χ1v) is 16.8. The highest BCUT2D eigenvalue weighted by molar-refractivity contribution is 5.96. The number of amides is 2. The molecule has 3 heterocycles. The van der Waals surface area contributed by atoms with E-state index in [1.807, 2.05) is 53.4 Å². The summed E-state index contributed by atoms with van der Waals surface area (Å²) in [7, 11) is 0. The molecular weight excluding hydrogens is 574 g/mol. The maximum Gasteiger partial charge on any atom is 0.223 e. The highest BCUT2D eigenvalue weighted by Crippen LogP contribution is 2.38. The average molecular weight is 620 g/mol. The zero-order valence-corrected chi connectivity index (χ0v) is 27.5. The summed E-state index contributed by atoms with van der Waals surface area (Å²) in [6.45, 7) is 14.5. The zero-order chi connectivity index (χ0) is 32.4. The van der Waals surface area contributed by atoms with E-state index in [0.717, 1.165) is 78.3 Å². The third-order valence-corrected chi connectivity index (χ3v) is 9.24. The van der Waals surface area contributed by atoms with Crippen molar-refractivity contribution in [1.29, 1.82) is 0 Å². The van der Waals surface area contributed by atoms with Gasteiger partial charge in [-0.05, 0) is 73.6 Å². The Morgan fingerprint density at radius 2 is 1.83 bits per heavy atom. The van der Waals surface area contributed by atoms with E-state index in [1.54, 1.807) is 0 Å². The SMILES string of the molecule is C=Cc1cc(CN2CC(C)CC2=O)c(Oc2ccc(-c3ccc(C(C)C)nn3)cc2)cc1N=C(CCC)C1CC(=O)N(C2CC2)C1. The van der Waals surface area contributed by atoms with E-state index >= 15 is 0 Å². The summed E-state index contributed by atoms with van der Waals surface area (Å²) >= 11 is 0. The fraction of sp³-hybridized carbons (Fsp3) is 0.447. The van der Waals surface area contributed by atoms with Crippen molar-refractivity contribution in [3.05, 3.63) is 71.9 Å². The van der Waals surface area contributed by atoms with Crippen LogP contribution < -0.4 is 4.74 Å². The lowest BCUT2D eigenvalue weighted by Gasteiger charge is -2.21. The molecule has 1 aromatic heterocycles. The van der Waals surface area contributed by atoms with E-state index in [9.17, 15) is 9.59 Å². The molecule has 6 rings (SSSR count). The van der Waals surface area contributed by atoms with Gasteiger partial charge in [-0.15, -0.1) is 0 Å². The minimum absolute atomic E-state index is 0.115. The van der Waals surface area contributed by atoms with Crippen molar-refractivity contribution in [2.45, 2.75) is 84.7 Å². The van der Waals surface area contributed by atoms with E-state index in [1.165, 1.54) is 0 Å². The van der Waals surface area contributed by atoms with Crippen molar-refractivity contribution < 1.29 is 14.3 Å². The number of benzene rings is 2. The Morgan fingerprint density at radius 1 is 1.04 bits per heavy atom. The molecule has 2 amide bonds. The molecule has 240 valence electrons. The molecule has 0 bridgehead atoms. The number of rotatable bonds is 12. The molecular formula is C38H45N5O3. The molecule has 2 aliphatic heterocycles. The maximum atomic E-state index is 12.8. The second-order valence-electron chi connectivity index (χ2n) is 13.5. The average Bonchev–Trinajstić information content (AvgIpc) is 3.74. The summed E-state index contributed by atoms with van der Waals surface area (Å²) < 4.78 is 6.56. The van der Waals surface area contributed by atoms with Crippen molar-refractivity contribution >= 4 is 29.3 Å². The highest BCUT2D eigenvalue weighted by Gasteiger charge is 2.40. The van der Waals surface area contributed by atoms with Crippen molar-refractivity contribution in [2.75, 3.05) is 13.1 Å². The van der Waals surface area contributed by atoms with Crippen LogP contribution in [0, 0.1) is 11.8 Å². The van der Waals surface area contributed by atoms with Gasteiger partial charge in [0.05, 0.1) is 17.1 Å². The monoisotopic (exact) mass is 619 g/mol. The topological polar surface area (TPSA) is 88.0 Å². The molecule has 1 saturated carbocycles. The van der Waals surface area contributed by atoms with Crippen LogP contribution in [-0.4, -0.2) is 56.7 Å². The summed E-state index contributed by atoms with van der Waals surface area (Å²) in [5.74, 6) is 2.50. The summed E-state index contributed by atoms with van der Waals surface area (Å²) in [6.07, 6.45) is 6.90. The fourth-order valence-corrected chi connectivity index (χ4v) is 6.52. The minimum atomic E-state index is 0.115. The van der Waals surface area contributed by atoms with E-state index in [4.69, 9.17) is 9.73 Å². The molecule has 2 saturated heterocycles. The Hall–Kier alpha value is -4.33. The molecule has 3 aliphatic rings. The van der Waals surface area contributed by atoms with Gasteiger partial charge in [-0.1, -0.05) is 46.8 Å². The molecule has 0 radical (unpaired) electrons. The van der Waals surface area contributed by atoms with Crippen LogP contribution in [0.4, 0.5) is 5.69 Å². The second kappa shape index (κ2) is 13.6. The fourth-order valence-electron chi connectivity index (χ4n) is 6.52. The standard InChI is InChI=1S/C38H45N5O3/c1-6-8-33(28-19-38(45)43(23-28)30-11-12-30)39-35-20-36(29(18-26(35)7-2)22-42-21-25(5)17-37(42)44)46-31-13-9-27(10-14-31)34-16-15-32(24(3)4)40-41-34/h7,9-10,13-16,18,20,24-25,28,30H,2,6,8,11-12,17,19,21-23H2,1,3-5H3. The Labute approximate surface area is 272 Å². The third kappa shape index (κ3) is 7.06. The number of hydrogen-bond donors (Lipinski definition) is 0. The molecule has 3 aromatic rings. The number of hydrogen-bond acceptors (Lipinski definition) is 6. The van der Waals surface area contributed by atoms with Gasteiger partial charge in [-0.25, -0.2) is 0 Å². The van der Waals surface area contributed by atoms with Crippen LogP contribution in [-0.2, 0) is 16.1 Å². The largest absolute Gasteiger partial charge is 0.457 e. The quantitative estimate of drug-likeness (QED) is 0.192. The molecule has 46 heavy (non-hydrogen) atoms. The number of nitrogens with zero attached hydrogens (tertiary/aromatic N) is 5.